The van der Waals surface area contributed by atoms with Crippen molar-refractivity contribution >= 4 is 23.5 Å². The normalized spacial score (nSPS) is 22.8. The van der Waals surface area contributed by atoms with Gasteiger partial charge in [-0.1, -0.05) is 11.6 Å². The summed E-state index contributed by atoms with van der Waals surface area (Å²) >= 11 is 5.66. The number of carboxylic acid groups (broad SMARTS) is 1. The monoisotopic (exact) mass is 368 g/mol. The van der Waals surface area contributed by atoms with Crippen LogP contribution in [0.15, 0.2) is 18.2 Å². The van der Waals surface area contributed by atoms with E-state index in [1.165, 1.54) is 12.1 Å². The Morgan fingerprint density at radius 1 is 1.16 bits per heavy atom. The van der Waals surface area contributed by atoms with E-state index in [-0.39, 0.29) is 16.8 Å². The first kappa shape index (κ1) is 18.1. The van der Waals surface area contributed by atoms with Gasteiger partial charge in [-0.05, 0) is 50.4 Å². The molecule has 0 aromatic heterocycles. The highest BCUT2D eigenvalue weighted by Crippen LogP contribution is 2.25. The van der Waals surface area contributed by atoms with E-state index in [1.54, 1.807) is 11.0 Å². The Labute approximate surface area is 151 Å². The van der Waals surface area contributed by atoms with Crippen LogP contribution in [-0.4, -0.2) is 59.0 Å². The van der Waals surface area contributed by atoms with Crippen LogP contribution < -0.4 is 0 Å². The quantitative estimate of drug-likeness (QED) is 0.891. The van der Waals surface area contributed by atoms with Gasteiger partial charge in [0.15, 0.2) is 0 Å². The Bertz CT molecular complexity index is 662. The first-order valence-electron chi connectivity index (χ1n) is 8.67. The fourth-order valence-corrected chi connectivity index (χ4v) is 3.90. The molecule has 1 unspecified atom stereocenters. The van der Waals surface area contributed by atoms with Crippen LogP contribution in [0.2, 0.25) is 5.02 Å². The van der Waals surface area contributed by atoms with E-state index in [1.807, 2.05) is 0 Å². The smallest absolute Gasteiger partial charge is 0.307 e. The minimum Gasteiger partial charge on any atom is -0.481 e. The van der Waals surface area contributed by atoms with E-state index in [4.69, 9.17) is 11.6 Å². The van der Waals surface area contributed by atoms with Crippen molar-refractivity contribution in [2.45, 2.75) is 31.7 Å². The summed E-state index contributed by atoms with van der Waals surface area (Å²) < 4.78 is 13.6. The number of piperidine rings is 2. The number of carbonyl (C=O) groups is 2. The van der Waals surface area contributed by atoms with Crippen molar-refractivity contribution in [3.63, 3.8) is 0 Å². The van der Waals surface area contributed by atoms with Gasteiger partial charge in [-0.2, -0.15) is 0 Å². The Morgan fingerprint density at radius 2 is 1.88 bits per heavy atom. The summed E-state index contributed by atoms with van der Waals surface area (Å²) in [5, 5.41) is 9.23. The highest BCUT2D eigenvalue weighted by Gasteiger charge is 2.32. The summed E-state index contributed by atoms with van der Waals surface area (Å²) in [6.07, 6.45) is 3.27. The number of nitrogens with zero attached hydrogens (tertiary/aromatic N) is 2. The zero-order valence-corrected chi connectivity index (χ0v) is 14.7. The lowest BCUT2D eigenvalue weighted by molar-refractivity contribution is -0.144. The minimum atomic E-state index is -0.720. The highest BCUT2D eigenvalue weighted by atomic mass is 35.5. The van der Waals surface area contributed by atoms with E-state index in [0.29, 0.717) is 31.2 Å². The molecule has 1 atom stereocenters. The van der Waals surface area contributed by atoms with Crippen molar-refractivity contribution in [1.29, 1.82) is 0 Å². The van der Waals surface area contributed by atoms with Crippen molar-refractivity contribution < 1.29 is 19.1 Å². The van der Waals surface area contributed by atoms with Gasteiger partial charge in [0.25, 0.3) is 5.91 Å². The number of hydrogen-bond donors (Lipinski definition) is 1. The first-order chi connectivity index (χ1) is 12.0. The van der Waals surface area contributed by atoms with Gasteiger partial charge in [0, 0.05) is 31.2 Å². The van der Waals surface area contributed by atoms with Gasteiger partial charge >= 0.3 is 5.97 Å². The Hall–Kier alpha value is -1.66. The van der Waals surface area contributed by atoms with Crippen LogP contribution in [0.4, 0.5) is 4.39 Å². The summed E-state index contributed by atoms with van der Waals surface area (Å²) in [5.74, 6) is -1.78. The van der Waals surface area contributed by atoms with Gasteiger partial charge in [0.1, 0.15) is 5.82 Å². The van der Waals surface area contributed by atoms with Gasteiger partial charge in [-0.15, -0.1) is 0 Å². The van der Waals surface area contributed by atoms with Gasteiger partial charge in [0.05, 0.1) is 10.9 Å². The summed E-state index contributed by atoms with van der Waals surface area (Å²) in [4.78, 5) is 27.7. The van der Waals surface area contributed by atoms with Crippen molar-refractivity contribution in [2.24, 2.45) is 5.92 Å². The second-order valence-electron chi connectivity index (χ2n) is 6.82. The van der Waals surface area contributed by atoms with Crippen LogP contribution in [-0.2, 0) is 4.79 Å². The Kier molecular flexibility index (Phi) is 5.59. The van der Waals surface area contributed by atoms with Gasteiger partial charge < -0.3 is 10.0 Å². The molecule has 3 rings (SSSR count). The third-order valence-electron chi connectivity index (χ3n) is 5.24. The molecule has 7 heteroatoms. The summed E-state index contributed by atoms with van der Waals surface area (Å²) in [5.41, 5.74) is 0.310. The average molecular weight is 369 g/mol. The molecule has 25 heavy (non-hydrogen) atoms. The molecule has 1 amide bonds. The molecule has 2 saturated heterocycles. The van der Waals surface area contributed by atoms with Gasteiger partial charge in [-0.25, -0.2) is 4.39 Å². The molecule has 2 heterocycles. The molecule has 2 fully saturated rings. The topological polar surface area (TPSA) is 60.9 Å². The van der Waals surface area contributed by atoms with E-state index < -0.39 is 11.8 Å². The fraction of sp³-hybridized carbons (Fsp3) is 0.556. The maximum atomic E-state index is 13.6. The highest BCUT2D eigenvalue weighted by molar-refractivity contribution is 6.30. The predicted molar refractivity (Wildman–Crippen MR) is 92.3 cm³/mol. The minimum absolute atomic E-state index is 0.00772. The second kappa shape index (κ2) is 7.70. The number of aliphatic carboxylic acids is 1. The molecule has 1 aromatic carbocycles. The van der Waals surface area contributed by atoms with Crippen molar-refractivity contribution in [1.82, 2.24) is 9.80 Å². The van der Waals surface area contributed by atoms with Crippen LogP contribution >= 0.6 is 11.6 Å². The molecule has 0 bridgehead atoms. The van der Waals surface area contributed by atoms with E-state index in [9.17, 15) is 19.1 Å². The predicted octanol–water partition coefficient (Wildman–Crippen LogP) is 2.88. The molecule has 0 saturated carbocycles. The Balaban J connectivity index is 1.57. The molecule has 0 aliphatic carbocycles. The molecular formula is C18H22ClFN2O3. The molecule has 1 aromatic rings. The van der Waals surface area contributed by atoms with Crippen molar-refractivity contribution in [3.05, 3.63) is 34.6 Å². The number of carboxylic acids is 1. The molecule has 5 nitrogen and oxygen atoms in total. The van der Waals surface area contributed by atoms with E-state index in [2.05, 4.69) is 4.90 Å². The van der Waals surface area contributed by atoms with E-state index in [0.717, 1.165) is 32.2 Å². The number of likely N-dealkylation sites (tertiary alicyclic amines) is 2. The van der Waals surface area contributed by atoms with Crippen LogP contribution in [0.1, 0.15) is 36.0 Å². The van der Waals surface area contributed by atoms with Gasteiger partial charge in [-0.3, -0.25) is 14.5 Å². The maximum absolute atomic E-state index is 13.6. The van der Waals surface area contributed by atoms with Crippen LogP contribution in [0.5, 0.6) is 0 Å². The lowest BCUT2D eigenvalue weighted by atomic mass is 9.94. The molecule has 0 spiro atoms. The zero-order chi connectivity index (χ0) is 18.0. The molecule has 2 aliphatic rings. The average Bonchev–Trinajstić information content (AvgIpc) is 2.63. The van der Waals surface area contributed by atoms with Crippen LogP contribution in [0.25, 0.3) is 0 Å². The third kappa shape index (κ3) is 4.12. The first-order valence-corrected chi connectivity index (χ1v) is 9.04. The summed E-state index contributed by atoms with van der Waals surface area (Å²) in [6.45, 7) is 2.71. The number of hydrogen-bond acceptors (Lipinski definition) is 3. The zero-order valence-electron chi connectivity index (χ0n) is 14.0. The van der Waals surface area contributed by atoms with Crippen molar-refractivity contribution in [2.75, 3.05) is 26.2 Å². The maximum Gasteiger partial charge on any atom is 0.307 e. The lowest BCUT2D eigenvalue weighted by Crippen LogP contribution is -2.50. The number of amides is 1. The third-order valence-corrected chi connectivity index (χ3v) is 5.54. The lowest BCUT2D eigenvalue weighted by Gasteiger charge is -2.41. The Morgan fingerprint density at radius 3 is 2.52 bits per heavy atom. The number of carbonyl (C=O) groups excluding carboxylic acids is 1. The van der Waals surface area contributed by atoms with Crippen LogP contribution in [0, 0.1) is 11.7 Å². The molecule has 136 valence electrons. The number of rotatable bonds is 3. The van der Waals surface area contributed by atoms with Gasteiger partial charge in [0.2, 0.25) is 0 Å². The SMILES string of the molecule is O=C(O)C1CCCN(C2CCN(C(=O)c3ccc(Cl)c(F)c3)CC2)C1. The summed E-state index contributed by atoms with van der Waals surface area (Å²) in [7, 11) is 0. The fourth-order valence-electron chi connectivity index (χ4n) is 3.79. The molecule has 2 aliphatic heterocycles. The summed E-state index contributed by atoms with van der Waals surface area (Å²) in [6, 6.07) is 4.44. The second-order valence-corrected chi connectivity index (χ2v) is 7.23. The van der Waals surface area contributed by atoms with Crippen LogP contribution in [0.3, 0.4) is 0 Å². The van der Waals surface area contributed by atoms with E-state index >= 15 is 0 Å². The number of benzene rings is 1. The molecular weight excluding hydrogens is 347 g/mol. The van der Waals surface area contributed by atoms with Crippen molar-refractivity contribution in [3.8, 4) is 0 Å². The number of halogens is 2. The largest absolute Gasteiger partial charge is 0.481 e. The standard InChI is InChI=1S/C18H22ClFN2O3/c19-15-4-3-12(10-16(15)20)17(23)21-8-5-14(6-9-21)22-7-1-2-13(11-22)18(24)25/h3-4,10,13-14H,1-2,5-9,11H2,(H,24,25). The molecule has 1 N–H and O–H groups in total. The molecule has 0 radical (unpaired) electrons.